The molecule has 0 aromatic heterocycles. The van der Waals surface area contributed by atoms with E-state index in [0.29, 0.717) is 39.5 Å². The van der Waals surface area contributed by atoms with Crippen LogP contribution >= 0.6 is 11.8 Å². The molecule has 5 rings (SSSR count). The minimum absolute atomic E-state index is 0.0000186. The molecule has 9 nitrogen and oxygen atoms in total. The van der Waals surface area contributed by atoms with Crippen molar-refractivity contribution in [2.75, 3.05) is 26.3 Å². The predicted octanol–water partition coefficient (Wildman–Crippen LogP) is 4.59. The molecule has 10 heteroatoms. The van der Waals surface area contributed by atoms with Gasteiger partial charge >= 0.3 is 0 Å². The van der Waals surface area contributed by atoms with Crippen LogP contribution in [0.25, 0.3) is 0 Å². The Bertz CT molecular complexity index is 1340. The van der Waals surface area contributed by atoms with E-state index in [9.17, 15) is 9.59 Å². The number of carbonyl (C=O) groups is 2. The third kappa shape index (κ3) is 5.64. The number of fused-ring (bicyclic) bond motifs is 1. The summed E-state index contributed by atoms with van der Waals surface area (Å²) in [5.41, 5.74) is 2.14. The molecule has 2 amide bonds. The number of rotatable bonds is 8. The first-order valence-electron chi connectivity index (χ1n) is 11.6. The van der Waals surface area contributed by atoms with E-state index in [4.69, 9.17) is 23.9 Å². The Kier molecular flexibility index (Phi) is 7.18. The molecule has 2 aliphatic heterocycles. The summed E-state index contributed by atoms with van der Waals surface area (Å²) >= 11 is 1.28. The van der Waals surface area contributed by atoms with Crippen LogP contribution in [-0.4, -0.2) is 48.1 Å². The van der Waals surface area contributed by atoms with Gasteiger partial charge in [0.1, 0.15) is 16.7 Å². The van der Waals surface area contributed by atoms with Crippen molar-refractivity contribution in [3.05, 3.63) is 72.3 Å². The highest BCUT2D eigenvalue weighted by molar-refractivity contribution is 8.15. The number of thioether (sulfide) groups is 1. The zero-order valence-electron chi connectivity index (χ0n) is 20.3. The summed E-state index contributed by atoms with van der Waals surface area (Å²) in [5, 5.41) is 2.75. The summed E-state index contributed by atoms with van der Waals surface area (Å²) in [7, 11) is 3.16. The molecule has 0 saturated carbocycles. The molecule has 3 aromatic rings. The molecule has 1 saturated heterocycles. The van der Waals surface area contributed by atoms with Gasteiger partial charge in [0.2, 0.25) is 18.6 Å². The van der Waals surface area contributed by atoms with Crippen LogP contribution in [0.5, 0.6) is 23.0 Å². The normalized spacial score (nSPS) is 17.2. The number of hydrogen-bond acceptors (Lipinski definition) is 8. The highest BCUT2D eigenvalue weighted by Crippen LogP contribution is 2.36. The third-order valence-electron chi connectivity index (χ3n) is 5.82. The lowest BCUT2D eigenvalue weighted by molar-refractivity contribution is -0.128. The summed E-state index contributed by atoms with van der Waals surface area (Å²) < 4.78 is 21.3. The number of nitrogens with one attached hydrogen (secondary N) is 1. The number of anilines is 1. The fraction of sp³-hybridized carbons (Fsp3) is 0.222. The summed E-state index contributed by atoms with van der Waals surface area (Å²) in [4.78, 5) is 32.6. The number of hydrogen-bond donors (Lipinski definition) is 1. The molecular weight excluding hydrogens is 494 g/mol. The van der Waals surface area contributed by atoms with Crippen molar-refractivity contribution in [1.29, 1.82) is 0 Å². The molecule has 3 aromatic carbocycles. The number of ether oxygens (including phenoxy) is 4. The monoisotopic (exact) mass is 519 g/mol. The molecule has 0 radical (unpaired) electrons. The van der Waals surface area contributed by atoms with Crippen molar-refractivity contribution >= 4 is 40.1 Å². The number of amidine groups is 1. The number of nitrogens with zero attached hydrogens (tertiary/aromatic N) is 2. The van der Waals surface area contributed by atoms with E-state index in [1.165, 1.54) is 11.8 Å². The Morgan fingerprint density at radius 2 is 1.81 bits per heavy atom. The molecule has 0 bridgehead atoms. The molecule has 0 spiro atoms. The molecule has 1 atom stereocenters. The fourth-order valence-electron chi connectivity index (χ4n) is 3.94. The van der Waals surface area contributed by atoms with Crippen molar-refractivity contribution in [1.82, 2.24) is 4.90 Å². The fourth-order valence-corrected chi connectivity index (χ4v) is 5.10. The first-order valence-corrected chi connectivity index (χ1v) is 12.4. The Hall–Kier alpha value is -4.18. The van der Waals surface area contributed by atoms with Gasteiger partial charge in [-0.3, -0.25) is 14.5 Å². The molecule has 0 aliphatic carbocycles. The van der Waals surface area contributed by atoms with Crippen molar-refractivity contribution in [3.63, 3.8) is 0 Å². The van der Waals surface area contributed by atoms with Gasteiger partial charge in [0.25, 0.3) is 0 Å². The average molecular weight is 520 g/mol. The van der Waals surface area contributed by atoms with Crippen LogP contribution in [0.15, 0.2) is 71.7 Å². The molecule has 1 fully saturated rings. The van der Waals surface area contributed by atoms with Crippen molar-refractivity contribution < 1.29 is 28.5 Å². The lowest BCUT2D eigenvalue weighted by Crippen LogP contribution is -2.33. The number of methoxy groups -OCH3 is 2. The summed E-state index contributed by atoms with van der Waals surface area (Å²) in [6.45, 7) is 0.456. The number of amides is 2. The van der Waals surface area contributed by atoms with Crippen LogP contribution in [0.4, 0.5) is 11.4 Å². The van der Waals surface area contributed by atoms with Gasteiger partial charge in [0.05, 0.1) is 26.5 Å². The lowest BCUT2D eigenvalue weighted by atomic mass is 10.1. The number of carbonyl (C=O) groups excluding carboxylic acids is 2. The zero-order chi connectivity index (χ0) is 25.8. The van der Waals surface area contributed by atoms with Gasteiger partial charge in [-0.05, 0) is 54.1 Å². The molecule has 1 N–H and O–H groups in total. The number of benzene rings is 3. The van der Waals surface area contributed by atoms with E-state index >= 15 is 0 Å². The highest BCUT2D eigenvalue weighted by Gasteiger charge is 2.39. The van der Waals surface area contributed by atoms with E-state index in [2.05, 4.69) is 5.32 Å². The van der Waals surface area contributed by atoms with Gasteiger partial charge in [-0.15, -0.1) is 0 Å². The molecule has 190 valence electrons. The van der Waals surface area contributed by atoms with E-state index in [-0.39, 0.29) is 31.6 Å². The number of aliphatic imine (C=N–C) groups is 1. The van der Waals surface area contributed by atoms with Gasteiger partial charge in [-0.2, -0.15) is 0 Å². The van der Waals surface area contributed by atoms with Gasteiger partial charge in [0, 0.05) is 18.2 Å². The van der Waals surface area contributed by atoms with E-state index < -0.39 is 5.25 Å². The summed E-state index contributed by atoms with van der Waals surface area (Å²) in [6.07, 6.45) is -0.0000186. The maximum absolute atomic E-state index is 13.5. The first-order chi connectivity index (χ1) is 18.0. The zero-order valence-corrected chi connectivity index (χ0v) is 21.1. The highest BCUT2D eigenvalue weighted by atomic mass is 32.2. The third-order valence-corrected chi connectivity index (χ3v) is 6.99. The van der Waals surface area contributed by atoms with Crippen LogP contribution in [0.1, 0.15) is 12.0 Å². The quantitative estimate of drug-likeness (QED) is 0.465. The van der Waals surface area contributed by atoms with Crippen LogP contribution in [0, 0.1) is 0 Å². The summed E-state index contributed by atoms with van der Waals surface area (Å²) in [5.74, 6) is 2.20. The second kappa shape index (κ2) is 10.8. The second-order valence-electron chi connectivity index (χ2n) is 8.30. The molecule has 37 heavy (non-hydrogen) atoms. The minimum Gasteiger partial charge on any atom is -0.497 e. The Morgan fingerprint density at radius 1 is 1.03 bits per heavy atom. The van der Waals surface area contributed by atoms with Gasteiger partial charge in [0.15, 0.2) is 16.7 Å². The first kappa shape index (κ1) is 24.5. The van der Waals surface area contributed by atoms with Crippen molar-refractivity contribution in [2.24, 2.45) is 4.99 Å². The van der Waals surface area contributed by atoms with Gasteiger partial charge < -0.3 is 24.3 Å². The largest absolute Gasteiger partial charge is 0.497 e. The second-order valence-corrected chi connectivity index (χ2v) is 9.47. The smallest absolute Gasteiger partial charge is 0.242 e. The molecule has 2 heterocycles. The Labute approximate surface area is 218 Å². The van der Waals surface area contributed by atoms with Crippen molar-refractivity contribution in [3.8, 4) is 23.0 Å². The van der Waals surface area contributed by atoms with Crippen molar-refractivity contribution in [2.45, 2.75) is 18.2 Å². The maximum atomic E-state index is 13.5. The Balaban J connectivity index is 1.36. The van der Waals surface area contributed by atoms with Gasteiger partial charge in [-0.1, -0.05) is 23.9 Å². The van der Waals surface area contributed by atoms with Crippen LogP contribution in [0.3, 0.4) is 0 Å². The molecule has 2 aliphatic rings. The minimum atomic E-state index is -0.614. The van der Waals surface area contributed by atoms with E-state index in [0.717, 1.165) is 5.56 Å². The van der Waals surface area contributed by atoms with E-state index in [1.807, 2.05) is 42.5 Å². The lowest BCUT2D eigenvalue weighted by Gasteiger charge is -2.17. The SMILES string of the molecule is COc1ccc(N=C2S[C@H](CC(=O)Nc3cccc(OC)c3)C(=O)N2Cc2ccc3c(c2)OCO3)cc1. The van der Waals surface area contributed by atoms with Crippen LogP contribution in [0.2, 0.25) is 0 Å². The average Bonchev–Trinajstić information content (AvgIpc) is 3.49. The van der Waals surface area contributed by atoms with Gasteiger partial charge in [-0.25, -0.2) is 4.99 Å². The molecular formula is C27H25N3O6S. The summed E-state index contributed by atoms with van der Waals surface area (Å²) in [6, 6.07) is 19.9. The standard InChI is InChI=1S/C27H25N3O6S/c1-33-20-9-7-18(8-10-20)29-27-30(15-17-6-11-22-23(12-17)36-16-35-22)26(32)24(37-27)14-25(31)28-19-4-3-5-21(13-19)34-2/h3-13,24H,14-16H2,1-2H3,(H,28,31)/t24-/m1/s1. The predicted molar refractivity (Wildman–Crippen MR) is 141 cm³/mol. The van der Waals surface area contributed by atoms with Crippen LogP contribution < -0.4 is 24.3 Å². The Morgan fingerprint density at radius 3 is 2.59 bits per heavy atom. The van der Waals surface area contributed by atoms with E-state index in [1.54, 1.807) is 43.4 Å². The topological polar surface area (TPSA) is 98.7 Å². The molecule has 0 unspecified atom stereocenters. The van der Waals surface area contributed by atoms with Crippen LogP contribution in [-0.2, 0) is 16.1 Å². The maximum Gasteiger partial charge on any atom is 0.242 e.